The summed E-state index contributed by atoms with van der Waals surface area (Å²) >= 11 is 5.62. The van der Waals surface area contributed by atoms with Crippen LogP contribution < -0.4 is 5.32 Å². The second kappa shape index (κ2) is 8.43. The highest BCUT2D eigenvalue weighted by Gasteiger charge is 2.33. The SMILES string of the molecule is N#C/C(=C\c1ccc(-c2ccccc2F)o1)C(=O)Nc1ccc(C(F)(F)F)c(Cl)c1. The number of anilines is 1. The Morgan fingerprint density at radius 2 is 1.87 bits per heavy atom. The summed E-state index contributed by atoms with van der Waals surface area (Å²) in [5.74, 6) is -1.06. The molecule has 3 rings (SSSR count). The van der Waals surface area contributed by atoms with Crippen molar-refractivity contribution in [2.75, 3.05) is 5.32 Å². The first kappa shape index (κ1) is 21.1. The van der Waals surface area contributed by atoms with E-state index >= 15 is 0 Å². The number of rotatable bonds is 4. The molecule has 0 radical (unpaired) electrons. The first-order valence-electron chi connectivity index (χ1n) is 8.33. The van der Waals surface area contributed by atoms with Crippen LogP contribution in [0.4, 0.5) is 23.2 Å². The van der Waals surface area contributed by atoms with Gasteiger partial charge < -0.3 is 9.73 Å². The molecule has 30 heavy (non-hydrogen) atoms. The molecule has 0 unspecified atom stereocenters. The van der Waals surface area contributed by atoms with Gasteiger partial charge >= 0.3 is 6.18 Å². The fraction of sp³-hybridized carbons (Fsp3) is 0.0476. The predicted octanol–water partition coefficient (Wildman–Crippen LogP) is 6.30. The Hall–Kier alpha value is -3.57. The molecule has 0 saturated carbocycles. The Kier molecular flexibility index (Phi) is 5.94. The molecule has 4 nitrogen and oxygen atoms in total. The zero-order valence-corrected chi connectivity index (χ0v) is 15.7. The Morgan fingerprint density at radius 3 is 2.50 bits per heavy atom. The van der Waals surface area contributed by atoms with Crippen LogP contribution in [0.5, 0.6) is 0 Å². The third-order valence-corrected chi connectivity index (χ3v) is 4.26. The standard InChI is InChI=1S/C21H11ClF4N2O2/c22-17-10-13(5-7-16(17)21(24,25)26)28-20(29)12(11-27)9-14-6-8-19(30-14)15-3-1-2-4-18(15)23/h1-10H,(H,28,29)/b12-9+. The van der Waals surface area contributed by atoms with E-state index in [2.05, 4.69) is 5.32 Å². The lowest BCUT2D eigenvalue weighted by atomic mass is 10.1. The summed E-state index contributed by atoms with van der Waals surface area (Å²) in [6.45, 7) is 0. The predicted molar refractivity (Wildman–Crippen MR) is 103 cm³/mol. The summed E-state index contributed by atoms with van der Waals surface area (Å²) in [6.07, 6.45) is -3.50. The van der Waals surface area contributed by atoms with Gasteiger partial charge in [-0.15, -0.1) is 0 Å². The minimum absolute atomic E-state index is 0.0226. The molecule has 1 amide bonds. The number of hydrogen-bond acceptors (Lipinski definition) is 3. The van der Waals surface area contributed by atoms with Crippen molar-refractivity contribution in [3.05, 3.63) is 82.3 Å². The van der Waals surface area contributed by atoms with Crippen LogP contribution in [0.25, 0.3) is 17.4 Å². The molecule has 9 heteroatoms. The van der Waals surface area contributed by atoms with Crippen LogP contribution in [0.15, 0.2) is 64.6 Å². The number of furan rings is 1. The van der Waals surface area contributed by atoms with Gasteiger partial charge in [-0.1, -0.05) is 23.7 Å². The van der Waals surface area contributed by atoms with Gasteiger partial charge in [-0.05, 0) is 42.5 Å². The fourth-order valence-electron chi connectivity index (χ4n) is 2.55. The molecular weight excluding hydrogens is 424 g/mol. The van der Waals surface area contributed by atoms with Crippen molar-refractivity contribution in [1.82, 2.24) is 0 Å². The average Bonchev–Trinajstić information content (AvgIpc) is 3.13. The van der Waals surface area contributed by atoms with Crippen molar-refractivity contribution >= 4 is 29.3 Å². The van der Waals surface area contributed by atoms with Crippen LogP contribution in [0.1, 0.15) is 11.3 Å². The van der Waals surface area contributed by atoms with Gasteiger partial charge in [-0.25, -0.2) is 4.39 Å². The molecule has 0 aliphatic carbocycles. The minimum atomic E-state index is -4.63. The van der Waals surface area contributed by atoms with E-state index < -0.39 is 28.5 Å². The van der Waals surface area contributed by atoms with E-state index in [0.29, 0.717) is 0 Å². The van der Waals surface area contributed by atoms with Crippen molar-refractivity contribution in [3.8, 4) is 17.4 Å². The fourth-order valence-corrected chi connectivity index (χ4v) is 2.84. The molecule has 1 heterocycles. The van der Waals surface area contributed by atoms with E-state index in [-0.39, 0.29) is 28.3 Å². The summed E-state index contributed by atoms with van der Waals surface area (Å²) in [5.41, 5.74) is -1.24. The topological polar surface area (TPSA) is 66.0 Å². The first-order valence-corrected chi connectivity index (χ1v) is 8.71. The third kappa shape index (κ3) is 4.70. The zero-order chi connectivity index (χ0) is 21.9. The van der Waals surface area contributed by atoms with Crippen LogP contribution in [0.3, 0.4) is 0 Å². The summed E-state index contributed by atoms with van der Waals surface area (Å²) < 4.78 is 57.6. The Morgan fingerprint density at radius 1 is 1.13 bits per heavy atom. The maximum absolute atomic E-state index is 13.8. The number of nitrogens with one attached hydrogen (secondary N) is 1. The van der Waals surface area contributed by atoms with E-state index in [0.717, 1.165) is 24.3 Å². The lowest BCUT2D eigenvalue weighted by Gasteiger charge is -2.10. The van der Waals surface area contributed by atoms with E-state index in [9.17, 15) is 27.6 Å². The number of amides is 1. The average molecular weight is 435 g/mol. The highest BCUT2D eigenvalue weighted by molar-refractivity contribution is 6.31. The van der Waals surface area contributed by atoms with E-state index in [4.69, 9.17) is 16.0 Å². The molecule has 2 aromatic carbocycles. The van der Waals surface area contributed by atoms with Crippen molar-refractivity contribution in [3.63, 3.8) is 0 Å². The molecule has 0 aliphatic heterocycles. The summed E-state index contributed by atoms with van der Waals surface area (Å²) in [4.78, 5) is 12.3. The molecule has 0 aliphatic rings. The van der Waals surface area contributed by atoms with Gasteiger partial charge in [0, 0.05) is 11.8 Å². The number of halogens is 5. The van der Waals surface area contributed by atoms with E-state index in [1.807, 2.05) is 0 Å². The van der Waals surface area contributed by atoms with Crippen molar-refractivity contribution in [1.29, 1.82) is 5.26 Å². The second-order valence-corrected chi connectivity index (χ2v) is 6.41. The lowest BCUT2D eigenvalue weighted by Crippen LogP contribution is -2.14. The molecule has 0 fully saturated rings. The maximum Gasteiger partial charge on any atom is 0.417 e. The molecule has 1 N–H and O–H groups in total. The first-order chi connectivity index (χ1) is 14.2. The van der Waals surface area contributed by atoms with E-state index in [1.54, 1.807) is 12.1 Å². The minimum Gasteiger partial charge on any atom is -0.457 e. The van der Waals surface area contributed by atoms with Crippen molar-refractivity contribution in [2.45, 2.75) is 6.18 Å². The highest BCUT2D eigenvalue weighted by atomic mass is 35.5. The normalized spacial score (nSPS) is 11.8. The molecule has 1 aromatic heterocycles. The number of alkyl halides is 3. The summed E-state index contributed by atoms with van der Waals surface area (Å²) in [7, 11) is 0. The Balaban J connectivity index is 1.80. The number of nitrogens with zero attached hydrogens (tertiary/aromatic N) is 1. The number of carbonyl (C=O) groups excluding carboxylic acids is 1. The largest absolute Gasteiger partial charge is 0.457 e. The zero-order valence-electron chi connectivity index (χ0n) is 14.9. The van der Waals surface area contributed by atoms with Gasteiger partial charge in [-0.2, -0.15) is 18.4 Å². The second-order valence-electron chi connectivity index (χ2n) is 6.00. The molecule has 0 spiro atoms. The smallest absolute Gasteiger partial charge is 0.417 e. The van der Waals surface area contributed by atoms with Gasteiger partial charge in [0.15, 0.2) is 0 Å². The molecule has 152 valence electrons. The Labute approximate surface area is 173 Å². The van der Waals surface area contributed by atoms with Crippen molar-refractivity contribution in [2.24, 2.45) is 0 Å². The van der Waals surface area contributed by atoms with Gasteiger partial charge in [-0.3, -0.25) is 4.79 Å². The summed E-state index contributed by atoms with van der Waals surface area (Å²) in [6, 6.07) is 13.2. The van der Waals surface area contributed by atoms with Crippen LogP contribution in [0, 0.1) is 17.1 Å². The molecule has 0 atom stereocenters. The van der Waals surface area contributed by atoms with Crippen LogP contribution >= 0.6 is 11.6 Å². The van der Waals surface area contributed by atoms with Crippen LogP contribution in [-0.2, 0) is 11.0 Å². The molecule has 3 aromatic rings. The lowest BCUT2D eigenvalue weighted by molar-refractivity contribution is -0.137. The monoisotopic (exact) mass is 434 g/mol. The van der Waals surface area contributed by atoms with Gasteiger partial charge in [0.25, 0.3) is 5.91 Å². The Bertz CT molecular complexity index is 1180. The maximum atomic E-state index is 13.8. The van der Waals surface area contributed by atoms with Crippen LogP contribution in [0.2, 0.25) is 5.02 Å². The van der Waals surface area contributed by atoms with Gasteiger partial charge in [0.05, 0.1) is 16.1 Å². The van der Waals surface area contributed by atoms with E-state index in [1.165, 1.54) is 30.3 Å². The quantitative estimate of drug-likeness (QED) is 0.297. The number of nitriles is 1. The van der Waals surface area contributed by atoms with Gasteiger partial charge in [0.1, 0.15) is 29.0 Å². The number of hydrogen-bond donors (Lipinski definition) is 1. The molecule has 0 saturated heterocycles. The summed E-state index contributed by atoms with van der Waals surface area (Å²) in [5, 5.41) is 11.0. The molecule has 0 bridgehead atoms. The number of carbonyl (C=O) groups is 1. The van der Waals surface area contributed by atoms with Crippen LogP contribution in [-0.4, -0.2) is 5.91 Å². The van der Waals surface area contributed by atoms with Gasteiger partial charge in [0.2, 0.25) is 0 Å². The van der Waals surface area contributed by atoms with Crippen molar-refractivity contribution < 1.29 is 26.8 Å². The highest BCUT2D eigenvalue weighted by Crippen LogP contribution is 2.36. The number of benzene rings is 2. The molecular formula is C21H11ClF4N2O2. The third-order valence-electron chi connectivity index (χ3n) is 3.95.